The summed E-state index contributed by atoms with van der Waals surface area (Å²) in [5.74, 6) is 0. The quantitative estimate of drug-likeness (QED) is 0.733. The molecule has 5 heteroatoms. The van der Waals surface area contributed by atoms with Crippen LogP contribution in [0.15, 0.2) is 0 Å². The number of anilines is 1. The Morgan fingerprint density at radius 2 is 2.14 bits per heavy atom. The van der Waals surface area contributed by atoms with E-state index in [0.717, 1.165) is 18.1 Å². The van der Waals surface area contributed by atoms with E-state index >= 15 is 0 Å². The second kappa shape index (κ2) is 5.93. The Labute approximate surface area is 89.1 Å². The summed E-state index contributed by atoms with van der Waals surface area (Å²) in [5.41, 5.74) is 5.50. The lowest BCUT2D eigenvalue weighted by molar-refractivity contribution is 0.317. The minimum absolute atomic E-state index is 0.557. The Bertz CT molecular complexity index is 261. The van der Waals surface area contributed by atoms with Crippen molar-refractivity contribution in [3.05, 3.63) is 5.01 Å². The molecule has 0 saturated carbocycles. The summed E-state index contributed by atoms with van der Waals surface area (Å²) in [4.78, 5) is 2.26. The molecule has 0 aliphatic carbocycles. The molecule has 0 unspecified atom stereocenters. The van der Waals surface area contributed by atoms with Crippen molar-refractivity contribution in [2.75, 3.05) is 19.3 Å². The molecule has 1 aromatic heterocycles. The first kappa shape index (κ1) is 11.4. The average Bonchev–Trinajstić information content (AvgIpc) is 2.52. The molecule has 80 valence electrons. The second-order valence-electron chi connectivity index (χ2n) is 3.48. The Kier molecular flexibility index (Phi) is 4.82. The fraction of sp³-hybridized carbons (Fsp3) is 0.778. The van der Waals surface area contributed by atoms with Crippen LogP contribution in [-0.2, 0) is 6.54 Å². The van der Waals surface area contributed by atoms with Gasteiger partial charge >= 0.3 is 0 Å². The summed E-state index contributed by atoms with van der Waals surface area (Å²) < 4.78 is 0. The lowest BCUT2D eigenvalue weighted by Crippen LogP contribution is -2.18. The van der Waals surface area contributed by atoms with Crippen LogP contribution in [0.3, 0.4) is 0 Å². The van der Waals surface area contributed by atoms with E-state index in [9.17, 15) is 0 Å². The van der Waals surface area contributed by atoms with Gasteiger partial charge in [-0.3, -0.25) is 4.90 Å². The first-order valence-corrected chi connectivity index (χ1v) is 5.80. The van der Waals surface area contributed by atoms with E-state index in [1.165, 1.54) is 30.6 Å². The number of hydrogen-bond acceptors (Lipinski definition) is 5. The molecule has 0 saturated heterocycles. The third-order valence-corrected chi connectivity index (χ3v) is 2.77. The summed E-state index contributed by atoms with van der Waals surface area (Å²) in [5, 5.41) is 9.33. The monoisotopic (exact) mass is 214 g/mol. The highest BCUT2D eigenvalue weighted by Gasteiger charge is 2.04. The molecular formula is C9H18N4S. The van der Waals surface area contributed by atoms with E-state index < -0.39 is 0 Å². The number of nitrogens with zero attached hydrogens (tertiary/aromatic N) is 3. The lowest BCUT2D eigenvalue weighted by Gasteiger charge is -2.13. The second-order valence-corrected chi connectivity index (χ2v) is 4.57. The summed E-state index contributed by atoms with van der Waals surface area (Å²) in [7, 11) is 2.10. The molecule has 0 amide bonds. The van der Waals surface area contributed by atoms with Crippen LogP contribution in [0.1, 0.15) is 31.2 Å². The van der Waals surface area contributed by atoms with E-state index in [0.29, 0.717) is 5.13 Å². The van der Waals surface area contributed by atoms with Crippen molar-refractivity contribution < 1.29 is 0 Å². The Morgan fingerprint density at radius 1 is 1.36 bits per heavy atom. The molecule has 4 nitrogen and oxygen atoms in total. The zero-order valence-corrected chi connectivity index (χ0v) is 9.68. The predicted molar refractivity (Wildman–Crippen MR) is 60.2 cm³/mol. The summed E-state index contributed by atoms with van der Waals surface area (Å²) >= 11 is 1.47. The average molecular weight is 214 g/mol. The van der Waals surface area contributed by atoms with E-state index in [-0.39, 0.29) is 0 Å². The van der Waals surface area contributed by atoms with Gasteiger partial charge in [0.05, 0.1) is 6.54 Å². The van der Waals surface area contributed by atoms with Crippen molar-refractivity contribution in [1.82, 2.24) is 15.1 Å². The van der Waals surface area contributed by atoms with Gasteiger partial charge in [-0.15, -0.1) is 10.2 Å². The molecule has 1 rings (SSSR count). The third-order valence-electron chi connectivity index (χ3n) is 2.03. The van der Waals surface area contributed by atoms with Crippen LogP contribution in [0.25, 0.3) is 0 Å². The van der Waals surface area contributed by atoms with Crippen molar-refractivity contribution >= 4 is 16.5 Å². The van der Waals surface area contributed by atoms with Gasteiger partial charge in [-0.1, -0.05) is 31.1 Å². The standard InChI is InChI=1S/C9H18N4S/c1-3-4-5-6-13(2)7-8-11-12-9(10)14-8/h3-7H2,1-2H3,(H2,10,12). The maximum Gasteiger partial charge on any atom is 0.203 e. The highest BCUT2D eigenvalue weighted by Crippen LogP contribution is 2.12. The Hall–Kier alpha value is -0.680. The number of hydrogen-bond donors (Lipinski definition) is 1. The van der Waals surface area contributed by atoms with Crippen molar-refractivity contribution in [3.63, 3.8) is 0 Å². The Balaban J connectivity index is 2.23. The molecule has 2 N–H and O–H groups in total. The zero-order valence-electron chi connectivity index (χ0n) is 8.86. The first-order chi connectivity index (χ1) is 6.72. The molecule has 0 radical (unpaired) electrons. The molecule has 0 fully saturated rings. The normalized spacial score (nSPS) is 11.1. The highest BCUT2D eigenvalue weighted by molar-refractivity contribution is 7.15. The summed E-state index contributed by atoms with van der Waals surface area (Å²) in [6.07, 6.45) is 3.81. The van der Waals surface area contributed by atoms with E-state index in [4.69, 9.17) is 5.73 Å². The van der Waals surface area contributed by atoms with Crippen molar-refractivity contribution in [1.29, 1.82) is 0 Å². The van der Waals surface area contributed by atoms with Crippen LogP contribution in [-0.4, -0.2) is 28.7 Å². The van der Waals surface area contributed by atoms with Crippen LogP contribution in [0.4, 0.5) is 5.13 Å². The molecule has 0 aliphatic heterocycles. The van der Waals surface area contributed by atoms with Gasteiger partial charge in [-0.2, -0.15) is 0 Å². The zero-order chi connectivity index (χ0) is 10.4. The van der Waals surface area contributed by atoms with Gasteiger partial charge in [0.25, 0.3) is 0 Å². The van der Waals surface area contributed by atoms with E-state index in [1.54, 1.807) is 0 Å². The maximum atomic E-state index is 5.50. The highest BCUT2D eigenvalue weighted by atomic mass is 32.1. The SMILES string of the molecule is CCCCCN(C)Cc1nnc(N)s1. The minimum atomic E-state index is 0.557. The van der Waals surface area contributed by atoms with Crippen LogP contribution in [0.2, 0.25) is 0 Å². The summed E-state index contributed by atoms with van der Waals surface area (Å²) in [6.45, 7) is 4.19. The van der Waals surface area contributed by atoms with E-state index in [2.05, 4.69) is 29.1 Å². The molecule has 0 aliphatic rings. The minimum Gasteiger partial charge on any atom is -0.374 e. The molecule has 1 aromatic rings. The third kappa shape index (κ3) is 4.02. The smallest absolute Gasteiger partial charge is 0.203 e. The predicted octanol–water partition coefficient (Wildman–Crippen LogP) is 1.74. The van der Waals surface area contributed by atoms with Crippen LogP contribution in [0, 0.1) is 0 Å². The maximum absolute atomic E-state index is 5.50. The summed E-state index contributed by atoms with van der Waals surface area (Å²) in [6, 6.07) is 0. The molecule has 14 heavy (non-hydrogen) atoms. The van der Waals surface area contributed by atoms with Gasteiger partial charge in [0.15, 0.2) is 0 Å². The molecule has 1 heterocycles. The van der Waals surface area contributed by atoms with Gasteiger partial charge in [0.2, 0.25) is 5.13 Å². The number of aromatic nitrogens is 2. The number of rotatable bonds is 6. The molecule has 0 bridgehead atoms. The van der Waals surface area contributed by atoms with Crippen molar-refractivity contribution in [2.45, 2.75) is 32.7 Å². The first-order valence-electron chi connectivity index (χ1n) is 4.98. The number of nitrogen functional groups attached to an aromatic ring is 1. The van der Waals surface area contributed by atoms with Crippen molar-refractivity contribution in [2.24, 2.45) is 0 Å². The molecule has 0 atom stereocenters. The lowest BCUT2D eigenvalue weighted by atomic mass is 10.2. The van der Waals surface area contributed by atoms with Gasteiger partial charge in [-0.25, -0.2) is 0 Å². The number of unbranched alkanes of at least 4 members (excludes halogenated alkanes) is 2. The van der Waals surface area contributed by atoms with Crippen LogP contribution < -0.4 is 5.73 Å². The van der Waals surface area contributed by atoms with Crippen molar-refractivity contribution in [3.8, 4) is 0 Å². The van der Waals surface area contributed by atoms with E-state index in [1.807, 2.05) is 0 Å². The van der Waals surface area contributed by atoms with Gasteiger partial charge < -0.3 is 5.73 Å². The topological polar surface area (TPSA) is 55.0 Å². The largest absolute Gasteiger partial charge is 0.374 e. The number of nitrogens with two attached hydrogens (primary N) is 1. The van der Waals surface area contributed by atoms with Gasteiger partial charge in [0.1, 0.15) is 5.01 Å². The van der Waals surface area contributed by atoms with Crippen LogP contribution >= 0.6 is 11.3 Å². The molecule has 0 aromatic carbocycles. The fourth-order valence-electron chi connectivity index (χ4n) is 1.27. The fourth-order valence-corrected chi connectivity index (χ4v) is 1.96. The molecular weight excluding hydrogens is 196 g/mol. The van der Waals surface area contributed by atoms with Gasteiger partial charge in [0, 0.05) is 0 Å². The Morgan fingerprint density at radius 3 is 2.71 bits per heavy atom. The van der Waals surface area contributed by atoms with Crippen LogP contribution in [0.5, 0.6) is 0 Å². The van der Waals surface area contributed by atoms with Gasteiger partial charge in [-0.05, 0) is 20.0 Å². The molecule has 0 spiro atoms.